The van der Waals surface area contributed by atoms with Crippen LogP contribution >= 0.6 is 7.60 Å². The number of rotatable bonds is 5. The van der Waals surface area contributed by atoms with Crippen LogP contribution < -0.4 is 11.4 Å². The van der Waals surface area contributed by atoms with Gasteiger partial charge in [-0.1, -0.05) is 0 Å². The largest absolute Gasteiger partial charge is 0.394 e. The van der Waals surface area contributed by atoms with E-state index in [9.17, 15) is 28.4 Å². The highest BCUT2D eigenvalue weighted by Gasteiger charge is 2.45. The third-order valence-electron chi connectivity index (χ3n) is 3.13. The van der Waals surface area contributed by atoms with Crippen molar-refractivity contribution in [2.45, 2.75) is 30.7 Å². The molecule has 130 valence electrons. The van der Waals surface area contributed by atoms with Gasteiger partial charge in [0.15, 0.2) is 6.23 Å². The molecule has 23 heavy (non-hydrogen) atoms. The van der Waals surface area contributed by atoms with Crippen molar-refractivity contribution in [2.75, 3.05) is 12.3 Å². The van der Waals surface area contributed by atoms with E-state index in [4.69, 9.17) is 15.4 Å². The number of nitrogens with two attached hydrogens (primary N) is 1. The zero-order chi connectivity index (χ0) is 17.4. The highest BCUT2D eigenvalue weighted by molar-refractivity contribution is 7.53. The minimum absolute atomic E-state index is 0.0719. The fourth-order valence-electron chi connectivity index (χ4n) is 1.95. The van der Waals surface area contributed by atoms with Gasteiger partial charge in [0.05, 0.1) is 6.61 Å². The van der Waals surface area contributed by atoms with Crippen molar-refractivity contribution in [1.82, 2.24) is 9.55 Å². The molecule has 0 spiro atoms. The average Bonchev–Trinajstić information content (AvgIpc) is 2.73. The minimum Gasteiger partial charge on any atom is -0.387 e. The van der Waals surface area contributed by atoms with Crippen LogP contribution in [0.4, 0.5) is 14.6 Å². The van der Waals surface area contributed by atoms with Crippen molar-refractivity contribution in [3.8, 4) is 0 Å². The fourth-order valence-corrected chi connectivity index (χ4v) is 2.43. The average molecular weight is 357 g/mol. The summed E-state index contributed by atoms with van der Waals surface area (Å²) >= 11 is 0. The summed E-state index contributed by atoms with van der Waals surface area (Å²) in [5, 5.41) is 19.7. The number of aliphatic hydroxyl groups excluding tert-OH is 2. The predicted octanol–water partition coefficient (Wildman–Crippen LogP) is -1.13. The van der Waals surface area contributed by atoms with Crippen molar-refractivity contribution >= 4 is 13.4 Å². The van der Waals surface area contributed by atoms with E-state index < -0.39 is 50.6 Å². The van der Waals surface area contributed by atoms with Gasteiger partial charge in [-0.3, -0.25) is 9.13 Å². The summed E-state index contributed by atoms with van der Waals surface area (Å²) in [5.41, 5.74) is 4.44. The Bertz CT molecular complexity index is 672. The quantitative estimate of drug-likeness (QED) is 0.479. The SMILES string of the molecule is Nc1ccn(C2O[C@H](COP(=O)(O)C(F)F)[C@@H](O)[C@H]2O)c(=O)n1. The summed E-state index contributed by atoms with van der Waals surface area (Å²) in [5.74, 6) is -0.0719. The van der Waals surface area contributed by atoms with Crippen molar-refractivity contribution in [1.29, 1.82) is 0 Å². The Morgan fingerprint density at radius 1 is 1.48 bits per heavy atom. The number of aliphatic hydroxyl groups is 2. The van der Waals surface area contributed by atoms with E-state index in [1.807, 2.05) is 0 Å². The van der Waals surface area contributed by atoms with Gasteiger partial charge in [0.2, 0.25) is 0 Å². The Labute approximate surface area is 127 Å². The van der Waals surface area contributed by atoms with E-state index in [-0.39, 0.29) is 5.82 Å². The summed E-state index contributed by atoms with van der Waals surface area (Å²) in [6, 6.07) is 1.24. The molecule has 0 saturated carbocycles. The summed E-state index contributed by atoms with van der Waals surface area (Å²) in [6.45, 7) is -0.885. The molecule has 13 heteroatoms. The van der Waals surface area contributed by atoms with Crippen molar-refractivity contribution < 1.29 is 37.7 Å². The van der Waals surface area contributed by atoms with Gasteiger partial charge in [0.25, 0.3) is 0 Å². The highest BCUT2D eigenvalue weighted by Crippen LogP contribution is 2.49. The van der Waals surface area contributed by atoms with Crippen LogP contribution in [0.25, 0.3) is 0 Å². The molecular weight excluding hydrogens is 343 g/mol. The van der Waals surface area contributed by atoms with Crippen LogP contribution in [0.15, 0.2) is 17.1 Å². The maximum absolute atomic E-state index is 12.2. The third kappa shape index (κ3) is 3.74. The molecule has 0 aliphatic carbocycles. The number of nitrogens with zero attached hydrogens (tertiary/aromatic N) is 2. The van der Waals surface area contributed by atoms with E-state index in [2.05, 4.69) is 9.51 Å². The first kappa shape index (κ1) is 17.9. The first-order valence-electron chi connectivity index (χ1n) is 6.25. The lowest BCUT2D eigenvalue weighted by Gasteiger charge is -2.17. The summed E-state index contributed by atoms with van der Waals surface area (Å²) < 4.78 is 45.6. The molecule has 1 aromatic rings. The zero-order valence-corrected chi connectivity index (χ0v) is 12.3. The third-order valence-corrected chi connectivity index (χ3v) is 4.15. The molecule has 0 aromatic carbocycles. The molecule has 1 aliphatic heterocycles. The number of hydrogen-bond acceptors (Lipinski definition) is 8. The van der Waals surface area contributed by atoms with Crippen LogP contribution in [0.2, 0.25) is 0 Å². The van der Waals surface area contributed by atoms with E-state index in [0.29, 0.717) is 0 Å². The second-order valence-corrected chi connectivity index (χ2v) is 6.50. The molecule has 0 bridgehead atoms. The van der Waals surface area contributed by atoms with Crippen LogP contribution in [0.3, 0.4) is 0 Å². The molecule has 5 atom stereocenters. The normalized spacial score (nSPS) is 30.5. The van der Waals surface area contributed by atoms with Crippen LogP contribution in [0, 0.1) is 0 Å². The topological polar surface area (TPSA) is 157 Å². The zero-order valence-electron chi connectivity index (χ0n) is 11.4. The van der Waals surface area contributed by atoms with Gasteiger partial charge in [0, 0.05) is 6.20 Å². The first-order chi connectivity index (χ1) is 10.6. The van der Waals surface area contributed by atoms with Gasteiger partial charge in [-0.25, -0.2) is 4.79 Å². The van der Waals surface area contributed by atoms with E-state index in [0.717, 1.165) is 10.8 Å². The van der Waals surface area contributed by atoms with Crippen LogP contribution in [0.1, 0.15) is 6.23 Å². The van der Waals surface area contributed by atoms with E-state index >= 15 is 0 Å². The van der Waals surface area contributed by atoms with Crippen LogP contribution in [-0.4, -0.2) is 55.7 Å². The van der Waals surface area contributed by atoms with Crippen molar-refractivity contribution in [3.05, 3.63) is 22.7 Å². The fraction of sp³-hybridized carbons (Fsp3) is 0.600. The second kappa shape index (κ2) is 6.59. The van der Waals surface area contributed by atoms with E-state index in [1.54, 1.807) is 0 Å². The molecular formula is C10H14F2N3O7P. The van der Waals surface area contributed by atoms with Crippen molar-refractivity contribution in [3.63, 3.8) is 0 Å². The standard InChI is InChI=1S/C10H14F2N3O7P/c11-9(12)23(19,20)21-3-4-6(16)7(17)8(22-4)15-2-1-5(13)14-10(15)18/h1-2,4,6-9,16-17H,3H2,(H,19,20)(H2,13,14,18)/t4-,6-,7-,8?/m1/s1. The lowest BCUT2D eigenvalue weighted by Crippen LogP contribution is -2.36. The Hall–Kier alpha value is -1.43. The lowest BCUT2D eigenvalue weighted by atomic mass is 10.1. The Morgan fingerprint density at radius 3 is 2.70 bits per heavy atom. The number of ether oxygens (including phenoxy) is 1. The molecule has 2 rings (SSSR count). The van der Waals surface area contributed by atoms with Crippen LogP contribution in [-0.2, 0) is 13.8 Å². The number of alkyl halides is 2. The van der Waals surface area contributed by atoms with Crippen LogP contribution in [0.5, 0.6) is 0 Å². The Kier molecular flexibility index (Phi) is 5.14. The number of nitrogen functional groups attached to an aromatic ring is 1. The van der Waals surface area contributed by atoms with Gasteiger partial charge in [-0.15, -0.1) is 0 Å². The second-order valence-electron chi connectivity index (χ2n) is 4.73. The van der Waals surface area contributed by atoms with Crippen molar-refractivity contribution in [2.24, 2.45) is 0 Å². The number of anilines is 1. The minimum atomic E-state index is -5.17. The van der Waals surface area contributed by atoms with Gasteiger partial charge >= 0.3 is 19.5 Å². The Morgan fingerprint density at radius 2 is 2.13 bits per heavy atom. The number of halogens is 2. The molecule has 0 amide bonds. The molecule has 0 radical (unpaired) electrons. The molecule has 2 unspecified atom stereocenters. The van der Waals surface area contributed by atoms with Gasteiger partial charge in [-0.2, -0.15) is 13.8 Å². The summed E-state index contributed by atoms with van der Waals surface area (Å²) in [4.78, 5) is 24.0. The molecule has 2 heterocycles. The molecule has 1 fully saturated rings. The molecule has 10 nitrogen and oxygen atoms in total. The van der Waals surface area contributed by atoms with Gasteiger partial charge in [-0.05, 0) is 6.07 Å². The number of hydrogen-bond donors (Lipinski definition) is 4. The smallest absolute Gasteiger partial charge is 0.387 e. The predicted molar refractivity (Wildman–Crippen MR) is 70.6 cm³/mol. The van der Waals surface area contributed by atoms with E-state index in [1.165, 1.54) is 6.07 Å². The Balaban J connectivity index is 2.12. The molecule has 5 N–H and O–H groups in total. The van der Waals surface area contributed by atoms with Gasteiger partial charge < -0.3 is 30.1 Å². The maximum atomic E-state index is 12.2. The number of aromatic nitrogens is 2. The summed E-state index contributed by atoms with van der Waals surface area (Å²) in [6.07, 6.45) is -8.50. The molecule has 1 aliphatic rings. The maximum Gasteiger partial charge on any atom is 0.394 e. The first-order valence-corrected chi connectivity index (χ1v) is 7.89. The monoisotopic (exact) mass is 357 g/mol. The highest BCUT2D eigenvalue weighted by atomic mass is 31.2. The summed E-state index contributed by atoms with van der Waals surface area (Å²) in [7, 11) is -5.17. The molecule has 1 aromatic heterocycles. The van der Waals surface area contributed by atoms with Gasteiger partial charge in [0.1, 0.15) is 24.1 Å². The lowest BCUT2D eigenvalue weighted by molar-refractivity contribution is -0.0536. The molecule has 1 saturated heterocycles.